The molecule has 59 heavy (non-hydrogen) atoms. The van der Waals surface area contributed by atoms with Gasteiger partial charge in [0.05, 0.1) is 46.1 Å². The number of piperazine rings is 1. The SMILES string of the molecule is COC(=O)NC(=N)c1ccc(N2CC(CN3CCN(CCC(=O)OC(C)C)CC3)OC2=O)cc1.COC(=O)NC(=N)c1ccc(N2CC(COS(C)(=O)=O)OC2=O)cc1. The smallest absolute Gasteiger partial charge is 0.414 e. The largest absolute Gasteiger partial charge is 0.463 e. The lowest BCUT2D eigenvalue weighted by atomic mass is 10.1. The summed E-state index contributed by atoms with van der Waals surface area (Å²) in [5.74, 6) is -0.405. The molecule has 4 N–H and O–H groups in total. The summed E-state index contributed by atoms with van der Waals surface area (Å²) in [6.07, 6.45) is -2.23. The minimum atomic E-state index is -3.62. The van der Waals surface area contributed by atoms with Gasteiger partial charge in [-0.25, -0.2) is 19.2 Å². The van der Waals surface area contributed by atoms with Gasteiger partial charge in [-0.15, -0.1) is 0 Å². The molecular weight excluding hydrogens is 797 g/mol. The molecule has 22 heteroatoms. The van der Waals surface area contributed by atoms with E-state index in [1.54, 1.807) is 53.4 Å². The first-order valence-corrected chi connectivity index (χ1v) is 20.3. The number of amidine groups is 2. The van der Waals surface area contributed by atoms with Crippen LogP contribution in [0.1, 0.15) is 31.4 Å². The maximum atomic E-state index is 12.4. The summed E-state index contributed by atoms with van der Waals surface area (Å²) in [6, 6.07) is 13.0. The lowest BCUT2D eigenvalue weighted by Gasteiger charge is -2.35. The Kier molecular flexibility index (Phi) is 16.5. The van der Waals surface area contributed by atoms with Gasteiger partial charge in [-0.1, -0.05) is 0 Å². The highest BCUT2D eigenvalue weighted by Crippen LogP contribution is 2.24. The molecule has 3 heterocycles. The zero-order valence-corrected chi connectivity index (χ0v) is 34.2. The molecule has 0 bridgehead atoms. The molecule has 3 aliphatic heterocycles. The van der Waals surface area contributed by atoms with Crippen LogP contribution in [-0.4, -0.2) is 158 Å². The molecule has 2 unspecified atom stereocenters. The Balaban J connectivity index is 0.000000273. The third-order valence-electron chi connectivity index (χ3n) is 8.90. The molecule has 322 valence electrons. The molecule has 0 saturated carbocycles. The number of ether oxygens (including phenoxy) is 5. The van der Waals surface area contributed by atoms with Crippen molar-refractivity contribution in [2.45, 2.75) is 38.6 Å². The standard InChI is InChI=1S/C23H33N5O6.C14H17N3O7S/c1-16(2)33-20(29)8-9-26-10-12-27(13-11-26)14-19-15-28(23(31)34-19)18-6-4-17(5-7-18)21(24)25-22(30)32-3;1-22-13(18)16-12(15)9-3-5-10(6-4-9)17-7-11(24-14(17)19)8-23-25(2,20)21/h4-7,16,19H,8-15H2,1-3H3,(H2,24,25,30);3-6,11H,7-8H2,1-2H3,(H2,15,16,18). The Morgan fingerprint density at radius 3 is 1.64 bits per heavy atom. The third kappa shape index (κ3) is 14.5. The number of hydrogen-bond donors (Lipinski definition) is 4. The number of anilines is 2. The van der Waals surface area contributed by atoms with Crippen LogP contribution in [0.25, 0.3) is 0 Å². The van der Waals surface area contributed by atoms with E-state index >= 15 is 0 Å². The van der Waals surface area contributed by atoms with Crippen LogP contribution < -0.4 is 20.4 Å². The maximum Gasteiger partial charge on any atom is 0.414 e. The number of methoxy groups -OCH3 is 2. The van der Waals surface area contributed by atoms with Crippen LogP contribution in [0.5, 0.6) is 0 Å². The normalized spacial score (nSPS) is 18.3. The van der Waals surface area contributed by atoms with Crippen LogP contribution in [0.15, 0.2) is 48.5 Å². The number of rotatable bonds is 13. The highest BCUT2D eigenvalue weighted by molar-refractivity contribution is 7.85. The number of carbonyl (C=O) groups excluding carboxylic acids is 5. The first-order chi connectivity index (χ1) is 27.9. The quantitative estimate of drug-likeness (QED) is 0.0742. The fraction of sp³-hybridized carbons (Fsp3) is 0.486. The minimum Gasteiger partial charge on any atom is -0.463 e. The molecule has 3 saturated heterocycles. The van der Waals surface area contributed by atoms with E-state index in [2.05, 4.69) is 34.1 Å². The van der Waals surface area contributed by atoms with Crippen LogP contribution >= 0.6 is 0 Å². The topological polar surface area (TPSA) is 260 Å². The monoisotopic (exact) mass is 846 g/mol. The summed E-state index contributed by atoms with van der Waals surface area (Å²) in [6.45, 7) is 8.74. The second-order valence-corrected chi connectivity index (χ2v) is 15.4. The van der Waals surface area contributed by atoms with Crippen molar-refractivity contribution in [2.24, 2.45) is 0 Å². The fourth-order valence-electron chi connectivity index (χ4n) is 5.97. The molecule has 2 aromatic rings. The highest BCUT2D eigenvalue weighted by Gasteiger charge is 2.35. The molecule has 5 rings (SSSR count). The van der Waals surface area contributed by atoms with E-state index in [4.69, 9.17) is 25.0 Å². The molecule has 2 atom stereocenters. The van der Waals surface area contributed by atoms with Crippen molar-refractivity contribution >= 4 is 63.5 Å². The van der Waals surface area contributed by atoms with Crippen LogP contribution in [0.2, 0.25) is 0 Å². The summed E-state index contributed by atoms with van der Waals surface area (Å²) in [7, 11) is -1.20. The van der Waals surface area contributed by atoms with Crippen molar-refractivity contribution in [3.8, 4) is 0 Å². The Bertz CT molecular complexity index is 1940. The number of nitrogens with one attached hydrogen (secondary N) is 4. The number of alkyl carbamates (subject to hydrolysis) is 2. The maximum absolute atomic E-state index is 12.4. The van der Waals surface area contributed by atoms with Gasteiger partial charge >= 0.3 is 30.3 Å². The first kappa shape index (κ1) is 45.9. The van der Waals surface area contributed by atoms with Crippen LogP contribution in [0, 0.1) is 10.8 Å². The molecule has 2 aromatic carbocycles. The lowest BCUT2D eigenvalue weighted by Crippen LogP contribution is -2.49. The number of amides is 4. The molecule has 3 fully saturated rings. The van der Waals surface area contributed by atoms with E-state index in [0.29, 0.717) is 48.6 Å². The van der Waals surface area contributed by atoms with Gasteiger partial charge < -0.3 is 28.6 Å². The van der Waals surface area contributed by atoms with Gasteiger partial charge in [-0.3, -0.25) is 45.1 Å². The van der Waals surface area contributed by atoms with Gasteiger partial charge in [0.2, 0.25) is 0 Å². The van der Waals surface area contributed by atoms with Crippen molar-refractivity contribution in [2.75, 3.05) is 89.2 Å². The Labute approximate surface area is 341 Å². The predicted octanol–water partition coefficient (Wildman–Crippen LogP) is 2.32. The van der Waals surface area contributed by atoms with Crippen LogP contribution in [-0.2, 0) is 42.8 Å². The van der Waals surface area contributed by atoms with E-state index in [-0.39, 0.29) is 43.0 Å². The van der Waals surface area contributed by atoms with E-state index in [9.17, 15) is 32.4 Å². The summed E-state index contributed by atoms with van der Waals surface area (Å²) in [4.78, 5) is 65.8. The van der Waals surface area contributed by atoms with Crippen molar-refractivity contribution < 1.29 is 60.3 Å². The summed E-state index contributed by atoms with van der Waals surface area (Å²) < 4.78 is 51.3. The highest BCUT2D eigenvalue weighted by atomic mass is 32.2. The summed E-state index contributed by atoms with van der Waals surface area (Å²) in [5.41, 5.74) is 2.08. The third-order valence-corrected chi connectivity index (χ3v) is 9.47. The number of cyclic esters (lactones) is 2. The van der Waals surface area contributed by atoms with Crippen molar-refractivity contribution in [3.63, 3.8) is 0 Å². The number of esters is 1. The first-order valence-electron chi connectivity index (χ1n) is 18.5. The van der Waals surface area contributed by atoms with Crippen LogP contribution in [0.4, 0.5) is 30.6 Å². The van der Waals surface area contributed by atoms with Gasteiger partial charge in [-0.05, 0) is 62.4 Å². The molecular formula is C37H50N8O13S. The number of benzene rings is 2. The van der Waals surface area contributed by atoms with Gasteiger partial charge in [-0.2, -0.15) is 8.42 Å². The fourth-order valence-corrected chi connectivity index (χ4v) is 6.37. The predicted molar refractivity (Wildman–Crippen MR) is 212 cm³/mol. The molecule has 21 nitrogen and oxygen atoms in total. The zero-order valence-electron chi connectivity index (χ0n) is 33.4. The molecule has 0 radical (unpaired) electrons. The summed E-state index contributed by atoms with van der Waals surface area (Å²) in [5, 5.41) is 20.2. The van der Waals surface area contributed by atoms with Crippen LogP contribution in [0.3, 0.4) is 0 Å². The van der Waals surface area contributed by atoms with E-state index in [1.165, 1.54) is 19.1 Å². The Morgan fingerprint density at radius 2 is 1.20 bits per heavy atom. The van der Waals surface area contributed by atoms with Gasteiger partial charge in [0.1, 0.15) is 30.5 Å². The Hall–Kier alpha value is -5.84. The van der Waals surface area contributed by atoms with E-state index in [0.717, 1.165) is 32.4 Å². The molecule has 3 aliphatic rings. The number of hydrogen-bond acceptors (Lipinski definition) is 17. The molecule has 0 aromatic heterocycles. The summed E-state index contributed by atoms with van der Waals surface area (Å²) >= 11 is 0. The van der Waals surface area contributed by atoms with Crippen molar-refractivity contribution in [1.82, 2.24) is 20.4 Å². The second kappa shape index (κ2) is 21.2. The van der Waals surface area contributed by atoms with Crippen molar-refractivity contribution in [3.05, 3.63) is 59.7 Å². The lowest BCUT2D eigenvalue weighted by molar-refractivity contribution is -0.147. The zero-order chi connectivity index (χ0) is 43.3. The van der Waals surface area contributed by atoms with Gasteiger partial charge in [0, 0.05) is 61.8 Å². The van der Waals surface area contributed by atoms with Crippen molar-refractivity contribution in [1.29, 1.82) is 10.8 Å². The second-order valence-electron chi connectivity index (χ2n) is 13.7. The molecule has 0 spiro atoms. The molecule has 4 amide bonds. The van der Waals surface area contributed by atoms with Gasteiger partial charge in [0.15, 0.2) is 0 Å². The molecule has 0 aliphatic carbocycles. The average molecular weight is 847 g/mol. The van der Waals surface area contributed by atoms with E-state index in [1.807, 2.05) is 13.8 Å². The minimum absolute atomic E-state index is 0.0868. The van der Waals surface area contributed by atoms with E-state index < -0.39 is 40.6 Å². The Morgan fingerprint density at radius 1 is 0.763 bits per heavy atom. The number of carbonyl (C=O) groups is 5. The number of nitrogens with zero attached hydrogens (tertiary/aromatic N) is 4. The average Bonchev–Trinajstić information content (AvgIpc) is 3.77. The van der Waals surface area contributed by atoms with Gasteiger partial charge in [0.25, 0.3) is 10.1 Å².